The topological polar surface area (TPSA) is 23.8 Å². The summed E-state index contributed by atoms with van der Waals surface area (Å²) < 4.78 is 6.87. The molecule has 0 aliphatic carbocycles. The summed E-state index contributed by atoms with van der Waals surface area (Å²) in [5.74, 6) is 0. The van der Waals surface area contributed by atoms with Gasteiger partial charge in [-0.2, -0.15) is 5.26 Å². The smallest absolute Gasteiger partial charge is 0.203 e. The second kappa shape index (κ2) is 2.67. The first-order valence-corrected chi connectivity index (χ1v) is 3.18. The average molecular weight is 211 g/mol. The van der Waals surface area contributed by atoms with Gasteiger partial charge >= 0.3 is 4.59 Å². The Morgan fingerprint density at radius 1 is 1.22 bits per heavy atom. The molecule has 0 spiro atoms. The van der Waals surface area contributed by atoms with E-state index in [1.807, 2.05) is 0 Å². The van der Waals surface area contributed by atoms with Crippen LogP contribution in [0.1, 0.15) is 0 Å². The zero-order valence-electron chi connectivity index (χ0n) is 3.84. The molecule has 0 rings (SSSR count). The molecule has 0 bridgehead atoms. The summed E-state index contributed by atoms with van der Waals surface area (Å²) in [6.07, 6.45) is 0. The Morgan fingerprint density at radius 2 is 1.56 bits per heavy atom. The van der Waals surface area contributed by atoms with Crippen LogP contribution in [0.2, 0.25) is 0 Å². The minimum Gasteiger partial charge on any atom is -0.203 e. The molecular weight excluding hydrogens is 211 g/mol. The third-order valence-electron chi connectivity index (χ3n) is 0.496. The summed E-state index contributed by atoms with van der Waals surface area (Å²) in [6.45, 7) is 0. The van der Waals surface area contributed by atoms with Crippen molar-refractivity contribution >= 4 is 46.4 Å². The molecule has 0 atom stereocenters. The van der Waals surface area contributed by atoms with Crippen molar-refractivity contribution in [2.24, 2.45) is 0 Å². The molecule has 0 aromatic heterocycles. The second-order valence-electron chi connectivity index (χ2n) is 1.18. The summed E-state index contributed by atoms with van der Waals surface area (Å²) in [7, 11) is 0. The van der Waals surface area contributed by atoms with E-state index in [1.54, 1.807) is 0 Å². The molecule has 0 heterocycles. The van der Waals surface area contributed by atoms with Crippen molar-refractivity contribution in [1.82, 2.24) is 0 Å². The summed E-state index contributed by atoms with van der Waals surface area (Å²) in [6, 6.07) is 1.17. The fourth-order valence-corrected chi connectivity index (χ4v) is 0.148. The summed E-state index contributed by atoms with van der Waals surface area (Å²) in [5, 5.41) is 8.01. The van der Waals surface area contributed by atoms with Crippen molar-refractivity contribution in [1.29, 1.82) is 5.26 Å². The molecule has 52 valence electrons. The zero-order valence-corrected chi connectivity index (χ0v) is 6.86. The average Bonchev–Trinajstić information content (AvgIpc) is 1.64. The van der Waals surface area contributed by atoms with Gasteiger partial charge < -0.3 is 0 Å². The van der Waals surface area contributed by atoms with Crippen LogP contribution in [-0.4, -0.2) is 8.92 Å². The van der Waals surface area contributed by atoms with Crippen molar-refractivity contribution in [3.63, 3.8) is 0 Å². The maximum atomic E-state index is 12.2. The minimum atomic E-state index is -2.94. The Balaban J connectivity index is 4.39. The number of hydrogen-bond acceptors (Lipinski definition) is 1. The highest BCUT2D eigenvalue weighted by molar-refractivity contribution is 6.62. The standard InChI is InChI=1S/C3Cl4FN/c4-2(5,1-9)3(6,7)8. The lowest BCUT2D eigenvalue weighted by atomic mass is 10.5. The van der Waals surface area contributed by atoms with Gasteiger partial charge in [0.15, 0.2) is 0 Å². The predicted octanol–water partition coefficient (Wildman–Crippen LogP) is 2.78. The van der Waals surface area contributed by atoms with Crippen LogP contribution < -0.4 is 0 Å². The van der Waals surface area contributed by atoms with Crippen LogP contribution >= 0.6 is 46.4 Å². The minimum absolute atomic E-state index is 1.17. The lowest BCUT2D eigenvalue weighted by molar-refractivity contribution is 0.386. The van der Waals surface area contributed by atoms with Crippen molar-refractivity contribution in [2.45, 2.75) is 8.92 Å². The number of halogens is 5. The number of alkyl halides is 5. The lowest BCUT2D eigenvalue weighted by Gasteiger charge is -2.16. The molecule has 1 nitrogen and oxygen atoms in total. The number of hydrogen-bond donors (Lipinski definition) is 0. The molecule has 0 amide bonds. The third kappa shape index (κ3) is 2.35. The number of rotatable bonds is 1. The molecule has 0 aromatic rings. The van der Waals surface area contributed by atoms with Crippen molar-refractivity contribution in [2.75, 3.05) is 0 Å². The van der Waals surface area contributed by atoms with E-state index in [1.165, 1.54) is 6.07 Å². The van der Waals surface area contributed by atoms with E-state index in [0.29, 0.717) is 0 Å². The molecule has 0 N–H and O–H groups in total. The largest absolute Gasteiger partial charge is 0.303 e. The van der Waals surface area contributed by atoms with E-state index in [0.717, 1.165) is 0 Å². The van der Waals surface area contributed by atoms with E-state index >= 15 is 0 Å². The highest BCUT2D eigenvalue weighted by atomic mass is 35.5. The van der Waals surface area contributed by atoms with Crippen LogP contribution in [0, 0.1) is 11.3 Å². The van der Waals surface area contributed by atoms with Gasteiger partial charge in [-0.15, -0.1) is 0 Å². The van der Waals surface area contributed by atoms with E-state index in [9.17, 15) is 4.39 Å². The third-order valence-corrected chi connectivity index (χ3v) is 2.14. The van der Waals surface area contributed by atoms with Gasteiger partial charge in [0.25, 0.3) is 4.33 Å². The lowest BCUT2D eigenvalue weighted by Crippen LogP contribution is -2.29. The van der Waals surface area contributed by atoms with Gasteiger partial charge in [0.05, 0.1) is 0 Å². The van der Waals surface area contributed by atoms with Crippen molar-refractivity contribution < 1.29 is 4.39 Å². The Hall–Kier alpha value is 0.580. The summed E-state index contributed by atoms with van der Waals surface area (Å²) in [4.78, 5) is 0. The molecule has 0 aromatic carbocycles. The fraction of sp³-hybridized carbons (Fsp3) is 0.667. The Kier molecular flexibility index (Phi) is 2.85. The first-order chi connectivity index (χ1) is 3.81. The molecule has 0 saturated carbocycles. The van der Waals surface area contributed by atoms with Crippen LogP contribution in [-0.2, 0) is 0 Å². The van der Waals surface area contributed by atoms with Crippen LogP contribution in [0.25, 0.3) is 0 Å². The number of nitriles is 1. The normalized spacial score (nSPS) is 12.9. The van der Waals surface area contributed by atoms with E-state index in [-0.39, 0.29) is 0 Å². The van der Waals surface area contributed by atoms with Gasteiger partial charge in [0.1, 0.15) is 6.07 Å². The van der Waals surface area contributed by atoms with Crippen LogP contribution in [0.5, 0.6) is 0 Å². The van der Waals surface area contributed by atoms with E-state index in [2.05, 4.69) is 0 Å². The zero-order chi connectivity index (χ0) is 7.71. The highest BCUT2D eigenvalue weighted by Gasteiger charge is 2.48. The molecule has 9 heavy (non-hydrogen) atoms. The second-order valence-corrected chi connectivity index (χ2v) is 3.75. The van der Waals surface area contributed by atoms with Gasteiger partial charge in [-0.05, 0) is 0 Å². The van der Waals surface area contributed by atoms with Crippen molar-refractivity contribution in [3.05, 3.63) is 0 Å². The van der Waals surface area contributed by atoms with Gasteiger partial charge in [-0.3, -0.25) is 0 Å². The van der Waals surface area contributed by atoms with Gasteiger partial charge in [0.2, 0.25) is 0 Å². The Morgan fingerprint density at radius 3 is 1.56 bits per heavy atom. The van der Waals surface area contributed by atoms with Gasteiger partial charge in [0, 0.05) is 0 Å². The van der Waals surface area contributed by atoms with Gasteiger partial charge in [-0.25, -0.2) is 4.39 Å². The SMILES string of the molecule is N#CC(Cl)(Cl)C(F)(Cl)Cl. The maximum Gasteiger partial charge on any atom is 0.303 e. The van der Waals surface area contributed by atoms with Crippen molar-refractivity contribution in [3.8, 4) is 6.07 Å². The maximum absolute atomic E-state index is 12.2. The monoisotopic (exact) mass is 209 g/mol. The fourth-order valence-electron chi connectivity index (χ4n) is 0.0634. The molecule has 0 aliphatic rings. The molecule has 0 saturated heterocycles. The van der Waals surface area contributed by atoms with Gasteiger partial charge in [-0.1, -0.05) is 46.4 Å². The molecule has 0 fully saturated rings. The highest BCUT2D eigenvalue weighted by Crippen LogP contribution is 2.42. The number of nitrogens with zero attached hydrogens (tertiary/aromatic N) is 1. The summed E-state index contributed by atoms with van der Waals surface area (Å²) >= 11 is 19.4. The molecule has 0 unspecified atom stereocenters. The van der Waals surface area contributed by atoms with Crippen LogP contribution in [0.4, 0.5) is 4.39 Å². The van der Waals surface area contributed by atoms with E-state index in [4.69, 9.17) is 51.7 Å². The van der Waals surface area contributed by atoms with Crippen LogP contribution in [0.15, 0.2) is 0 Å². The quantitative estimate of drug-likeness (QED) is 0.611. The summed E-state index contributed by atoms with van der Waals surface area (Å²) in [5.41, 5.74) is 0. The molecule has 6 heteroatoms. The first-order valence-electron chi connectivity index (χ1n) is 1.67. The Labute approximate surface area is 71.2 Å². The first kappa shape index (κ1) is 9.58. The Bertz CT molecular complexity index is 143. The predicted molar refractivity (Wildman–Crippen MR) is 35.6 cm³/mol. The van der Waals surface area contributed by atoms with E-state index < -0.39 is 8.92 Å². The molecule has 0 radical (unpaired) electrons. The molecular formula is C3Cl4FN. The van der Waals surface area contributed by atoms with Crippen LogP contribution in [0.3, 0.4) is 0 Å². The molecule has 0 aliphatic heterocycles.